The minimum Gasteiger partial charge on any atom is -0.495 e. The first kappa shape index (κ1) is 12.4. The molecule has 1 N–H and O–H groups in total. The van der Waals surface area contributed by atoms with Gasteiger partial charge in [0.05, 0.1) is 19.1 Å². The molecule has 2 aromatic heterocycles. The monoisotopic (exact) mass is 269 g/mol. The first-order chi connectivity index (χ1) is 9.83. The molecule has 0 aliphatic carbocycles. The zero-order valence-corrected chi connectivity index (χ0v) is 11.4. The molecule has 0 spiro atoms. The summed E-state index contributed by atoms with van der Waals surface area (Å²) < 4.78 is 7.30. The highest BCUT2D eigenvalue weighted by molar-refractivity contribution is 5.85. The fourth-order valence-corrected chi connectivity index (χ4v) is 2.08. The van der Waals surface area contributed by atoms with Gasteiger partial charge in [-0.25, -0.2) is 15.0 Å². The molecule has 0 aliphatic rings. The number of anilines is 2. The van der Waals surface area contributed by atoms with E-state index in [2.05, 4.69) is 27.2 Å². The highest BCUT2D eigenvalue weighted by Crippen LogP contribution is 2.28. The number of nitrogens with one attached hydrogen (secondary N) is 1. The van der Waals surface area contributed by atoms with Crippen molar-refractivity contribution in [1.29, 1.82) is 0 Å². The standard InChI is InChI=1S/C14H15N5O/c1-3-19-9-17-12-13(15-8-16-14(12)19)18-10-6-4-5-7-11(10)20-2/h4-9H,3H2,1-2H3,(H,15,16,18). The van der Waals surface area contributed by atoms with Crippen LogP contribution in [0.1, 0.15) is 6.92 Å². The van der Waals surface area contributed by atoms with Gasteiger partial charge in [-0.15, -0.1) is 0 Å². The normalized spacial score (nSPS) is 10.7. The molecule has 0 unspecified atom stereocenters. The molecule has 0 aliphatic heterocycles. The van der Waals surface area contributed by atoms with E-state index in [4.69, 9.17) is 4.74 Å². The summed E-state index contributed by atoms with van der Waals surface area (Å²) in [6, 6.07) is 7.69. The van der Waals surface area contributed by atoms with Crippen LogP contribution in [-0.4, -0.2) is 26.6 Å². The van der Waals surface area contributed by atoms with Crippen molar-refractivity contribution < 1.29 is 4.74 Å². The zero-order chi connectivity index (χ0) is 13.9. The average Bonchev–Trinajstić information content (AvgIpc) is 2.92. The van der Waals surface area contributed by atoms with Crippen molar-refractivity contribution in [2.45, 2.75) is 13.5 Å². The second-order valence-electron chi connectivity index (χ2n) is 4.25. The molecule has 3 aromatic rings. The number of rotatable bonds is 4. The van der Waals surface area contributed by atoms with Crippen molar-refractivity contribution >= 4 is 22.7 Å². The van der Waals surface area contributed by atoms with Crippen LogP contribution < -0.4 is 10.1 Å². The number of nitrogens with zero attached hydrogens (tertiary/aromatic N) is 4. The smallest absolute Gasteiger partial charge is 0.165 e. The summed E-state index contributed by atoms with van der Waals surface area (Å²) in [6.45, 7) is 2.87. The Labute approximate surface area is 116 Å². The predicted octanol–water partition coefficient (Wildman–Crippen LogP) is 2.60. The van der Waals surface area contributed by atoms with Crippen LogP contribution in [0.15, 0.2) is 36.9 Å². The van der Waals surface area contributed by atoms with E-state index < -0.39 is 0 Å². The van der Waals surface area contributed by atoms with Gasteiger partial charge in [-0.2, -0.15) is 0 Å². The molecule has 20 heavy (non-hydrogen) atoms. The van der Waals surface area contributed by atoms with E-state index in [0.717, 1.165) is 29.1 Å². The molecule has 102 valence electrons. The van der Waals surface area contributed by atoms with Gasteiger partial charge in [-0.3, -0.25) is 0 Å². The average molecular weight is 269 g/mol. The van der Waals surface area contributed by atoms with Gasteiger partial charge in [0.15, 0.2) is 17.0 Å². The van der Waals surface area contributed by atoms with Gasteiger partial charge in [0, 0.05) is 6.54 Å². The molecular formula is C14H15N5O. The second kappa shape index (κ2) is 5.16. The third kappa shape index (κ3) is 2.05. The Morgan fingerprint density at radius 2 is 2.05 bits per heavy atom. The lowest BCUT2D eigenvalue weighted by molar-refractivity contribution is 0.417. The minimum atomic E-state index is 0.673. The fraction of sp³-hybridized carbons (Fsp3) is 0.214. The highest BCUT2D eigenvalue weighted by Gasteiger charge is 2.11. The fourth-order valence-electron chi connectivity index (χ4n) is 2.08. The van der Waals surface area contributed by atoms with Crippen LogP contribution in [-0.2, 0) is 6.54 Å². The van der Waals surface area contributed by atoms with Crippen LogP contribution in [0.5, 0.6) is 5.75 Å². The number of ether oxygens (including phenoxy) is 1. The van der Waals surface area contributed by atoms with Crippen LogP contribution in [0.25, 0.3) is 11.2 Å². The maximum absolute atomic E-state index is 5.32. The van der Waals surface area contributed by atoms with Gasteiger partial charge >= 0.3 is 0 Å². The maximum atomic E-state index is 5.32. The van der Waals surface area contributed by atoms with Gasteiger partial charge in [0.25, 0.3) is 0 Å². The summed E-state index contributed by atoms with van der Waals surface area (Å²) >= 11 is 0. The molecule has 6 nitrogen and oxygen atoms in total. The quantitative estimate of drug-likeness (QED) is 0.788. The van der Waals surface area contributed by atoms with E-state index in [9.17, 15) is 0 Å². The van der Waals surface area contributed by atoms with Crippen LogP contribution >= 0.6 is 0 Å². The second-order valence-corrected chi connectivity index (χ2v) is 4.25. The summed E-state index contributed by atoms with van der Waals surface area (Å²) in [6.07, 6.45) is 3.31. The summed E-state index contributed by atoms with van der Waals surface area (Å²) in [7, 11) is 1.64. The molecular weight excluding hydrogens is 254 g/mol. The minimum absolute atomic E-state index is 0.673. The van der Waals surface area contributed by atoms with E-state index >= 15 is 0 Å². The number of hydrogen-bond acceptors (Lipinski definition) is 5. The van der Waals surface area contributed by atoms with Crippen molar-refractivity contribution in [2.24, 2.45) is 0 Å². The van der Waals surface area contributed by atoms with Gasteiger partial charge in [0.1, 0.15) is 12.1 Å². The SMILES string of the molecule is CCn1cnc2c(Nc3ccccc3OC)ncnc21. The lowest BCUT2D eigenvalue weighted by atomic mass is 10.3. The van der Waals surface area contributed by atoms with Gasteiger partial charge in [0.2, 0.25) is 0 Å². The molecule has 0 fully saturated rings. The van der Waals surface area contributed by atoms with Crippen molar-refractivity contribution in [2.75, 3.05) is 12.4 Å². The number of imidazole rings is 1. The summed E-state index contributed by atoms with van der Waals surface area (Å²) in [5, 5.41) is 3.25. The number of methoxy groups -OCH3 is 1. The third-order valence-corrected chi connectivity index (χ3v) is 3.10. The number of benzene rings is 1. The van der Waals surface area contributed by atoms with E-state index in [1.165, 1.54) is 6.33 Å². The van der Waals surface area contributed by atoms with Crippen molar-refractivity contribution in [3.05, 3.63) is 36.9 Å². The molecule has 0 amide bonds. The largest absolute Gasteiger partial charge is 0.495 e. The van der Waals surface area contributed by atoms with Gasteiger partial charge < -0.3 is 14.6 Å². The number of aryl methyl sites for hydroxylation is 1. The molecule has 0 bridgehead atoms. The number of hydrogen-bond donors (Lipinski definition) is 1. The molecule has 0 atom stereocenters. The van der Waals surface area contributed by atoms with Crippen molar-refractivity contribution in [3.8, 4) is 5.75 Å². The maximum Gasteiger partial charge on any atom is 0.165 e. The Morgan fingerprint density at radius 3 is 2.85 bits per heavy atom. The molecule has 2 heterocycles. The van der Waals surface area contributed by atoms with Crippen molar-refractivity contribution in [1.82, 2.24) is 19.5 Å². The first-order valence-electron chi connectivity index (χ1n) is 6.39. The Bertz CT molecular complexity index is 737. The molecule has 3 rings (SSSR count). The van der Waals surface area contributed by atoms with E-state index in [1.807, 2.05) is 28.8 Å². The van der Waals surface area contributed by atoms with Crippen LogP contribution in [0, 0.1) is 0 Å². The number of para-hydroxylation sites is 2. The van der Waals surface area contributed by atoms with Crippen LogP contribution in [0.4, 0.5) is 11.5 Å². The summed E-state index contributed by atoms with van der Waals surface area (Å²) in [5.41, 5.74) is 2.42. The van der Waals surface area contributed by atoms with E-state index in [-0.39, 0.29) is 0 Å². The van der Waals surface area contributed by atoms with Crippen LogP contribution in [0.3, 0.4) is 0 Å². The van der Waals surface area contributed by atoms with Gasteiger partial charge in [-0.1, -0.05) is 12.1 Å². The Kier molecular flexibility index (Phi) is 3.20. The highest BCUT2D eigenvalue weighted by atomic mass is 16.5. The van der Waals surface area contributed by atoms with E-state index in [0.29, 0.717) is 5.82 Å². The molecule has 1 aromatic carbocycles. The Hall–Kier alpha value is -2.63. The molecule has 0 saturated heterocycles. The topological polar surface area (TPSA) is 64.9 Å². The Morgan fingerprint density at radius 1 is 1.20 bits per heavy atom. The lowest BCUT2D eigenvalue weighted by Crippen LogP contribution is -1.99. The summed E-state index contributed by atoms with van der Waals surface area (Å²) in [5.74, 6) is 1.43. The summed E-state index contributed by atoms with van der Waals surface area (Å²) in [4.78, 5) is 12.9. The first-order valence-corrected chi connectivity index (χ1v) is 6.39. The molecule has 6 heteroatoms. The number of fused-ring (bicyclic) bond motifs is 1. The van der Waals surface area contributed by atoms with Crippen molar-refractivity contribution in [3.63, 3.8) is 0 Å². The molecule has 0 saturated carbocycles. The third-order valence-electron chi connectivity index (χ3n) is 3.10. The molecule has 0 radical (unpaired) electrons. The lowest BCUT2D eigenvalue weighted by Gasteiger charge is -2.10. The van der Waals surface area contributed by atoms with Gasteiger partial charge in [-0.05, 0) is 19.1 Å². The zero-order valence-electron chi connectivity index (χ0n) is 11.4. The van der Waals surface area contributed by atoms with E-state index in [1.54, 1.807) is 13.4 Å². The predicted molar refractivity (Wildman–Crippen MR) is 77.3 cm³/mol. The van der Waals surface area contributed by atoms with Crippen LogP contribution in [0.2, 0.25) is 0 Å². The Balaban J connectivity index is 2.05. The number of aromatic nitrogens is 4.